The predicted molar refractivity (Wildman–Crippen MR) is 77.0 cm³/mol. The first kappa shape index (κ1) is 14.4. The molecule has 94 valence electrons. The van der Waals surface area contributed by atoms with Crippen LogP contribution in [0.3, 0.4) is 0 Å². The van der Waals surface area contributed by atoms with Crippen molar-refractivity contribution in [3.05, 3.63) is 20.8 Å². The molecule has 6 heteroatoms. The van der Waals surface area contributed by atoms with Crippen molar-refractivity contribution in [2.45, 2.75) is 32.7 Å². The number of rotatable bonds is 4. The van der Waals surface area contributed by atoms with Gasteiger partial charge in [-0.15, -0.1) is 11.3 Å². The van der Waals surface area contributed by atoms with Crippen LogP contribution < -0.4 is 11.1 Å². The van der Waals surface area contributed by atoms with Gasteiger partial charge in [-0.1, -0.05) is 30.7 Å². The van der Waals surface area contributed by atoms with Crippen LogP contribution in [0, 0.1) is 6.92 Å². The molecule has 1 atom stereocenters. The number of nitrogens with two attached hydrogens (primary N) is 1. The molecule has 0 fully saturated rings. The molecule has 0 aromatic carbocycles. The van der Waals surface area contributed by atoms with Crippen molar-refractivity contribution in [3.63, 3.8) is 0 Å². The monoisotopic (exact) mass is 290 g/mol. The molecule has 1 rings (SSSR count). The van der Waals surface area contributed by atoms with Crippen LogP contribution in [0.1, 0.15) is 35.5 Å². The Morgan fingerprint density at radius 1 is 1.71 bits per heavy atom. The second kappa shape index (κ2) is 5.33. The molecule has 0 spiro atoms. The third kappa shape index (κ3) is 2.97. The first-order valence-corrected chi connectivity index (χ1v) is 6.84. The number of carbonyl (C=O) groups is 1. The third-order valence-corrected chi connectivity index (χ3v) is 4.89. The molecule has 0 bridgehead atoms. The number of nitrogens with one attached hydrogen (secondary N) is 1. The maximum Gasteiger partial charge on any atom is 0.263 e. The van der Waals surface area contributed by atoms with E-state index in [9.17, 15) is 4.79 Å². The van der Waals surface area contributed by atoms with Gasteiger partial charge in [-0.05, 0) is 31.2 Å². The van der Waals surface area contributed by atoms with E-state index in [-0.39, 0.29) is 10.9 Å². The minimum Gasteiger partial charge on any atom is -0.391 e. The average molecular weight is 291 g/mol. The lowest BCUT2D eigenvalue weighted by Gasteiger charge is -2.28. The van der Waals surface area contributed by atoms with Crippen LogP contribution in [0.25, 0.3) is 0 Å². The van der Waals surface area contributed by atoms with E-state index in [2.05, 4.69) is 5.32 Å². The standard InChI is InChI=1S/C11H15ClN2OS2/c1-4-11(3,10(13)16)14-9(15)8-7(12)6(2)5-17-8/h5H,4H2,1-3H3,(H2,13,16)(H,14,15). The summed E-state index contributed by atoms with van der Waals surface area (Å²) in [6, 6.07) is 0. The highest BCUT2D eigenvalue weighted by molar-refractivity contribution is 7.80. The number of amides is 1. The quantitative estimate of drug-likeness (QED) is 0.839. The van der Waals surface area contributed by atoms with Crippen molar-refractivity contribution in [2.24, 2.45) is 5.73 Å². The van der Waals surface area contributed by atoms with E-state index in [4.69, 9.17) is 29.6 Å². The number of hydrogen-bond donors (Lipinski definition) is 2. The van der Waals surface area contributed by atoms with E-state index < -0.39 is 5.54 Å². The Hall–Kier alpha value is -0.650. The Bertz CT molecular complexity index is 458. The van der Waals surface area contributed by atoms with Crippen molar-refractivity contribution < 1.29 is 4.79 Å². The van der Waals surface area contributed by atoms with Gasteiger partial charge in [0.05, 0.1) is 15.6 Å². The zero-order valence-corrected chi connectivity index (χ0v) is 12.4. The van der Waals surface area contributed by atoms with Crippen molar-refractivity contribution in [3.8, 4) is 0 Å². The van der Waals surface area contributed by atoms with Gasteiger partial charge in [0.1, 0.15) is 4.88 Å². The molecule has 3 nitrogen and oxygen atoms in total. The molecule has 1 aromatic rings. The van der Waals surface area contributed by atoms with Gasteiger partial charge in [-0.25, -0.2) is 0 Å². The van der Waals surface area contributed by atoms with Crippen LogP contribution >= 0.6 is 35.2 Å². The molecule has 1 amide bonds. The van der Waals surface area contributed by atoms with Crippen LogP contribution in [0.15, 0.2) is 5.38 Å². The lowest BCUT2D eigenvalue weighted by Crippen LogP contribution is -2.53. The molecule has 0 radical (unpaired) electrons. The van der Waals surface area contributed by atoms with Crippen LogP contribution in [-0.2, 0) is 0 Å². The zero-order valence-electron chi connectivity index (χ0n) is 9.96. The highest BCUT2D eigenvalue weighted by atomic mass is 35.5. The Balaban J connectivity index is 2.93. The molecule has 0 saturated heterocycles. The Morgan fingerprint density at radius 3 is 2.65 bits per heavy atom. The number of carbonyl (C=O) groups excluding carboxylic acids is 1. The summed E-state index contributed by atoms with van der Waals surface area (Å²) in [5, 5.41) is 5.18. The van der Waals surface area contributed by atoms with Crippen LogP contribution in [-0.4, -0.2) is 16.4 Å². The van der Waals surface area contributed by atoms with Gasteiger partial charge < -0.3 is 11.1 Å². The fraction of sp³-hybridized carbons (Fsp3) is 0.455. The number of thiocarbonyl (C=S) groups is 1. The Labute approximate surface area is 115 Å². The summed E-state index contributed by atoms with van der Waals surface area (Å²) in [6.07, 6.45) is 0.635. The zero-order chi connectivity index (χ0) is 13.2. The minimum atomic E-state index is -0.673. The molecular formula is C11H15ClN2OS2. The highest BCUT2D eigenvalue weighted by Crippen LogP contribution is 2.27. The highest BCUT2D eigenvalue weighted by Gasteiger charge is 2.29. The normalized spacial score (nSPS) is 14.1. The van der Waals surface area contributed by atoms with Gasteiger partial charge in [0.15, 0.2) is 0 Å². The first-order valence-electron chi connectivity index (χ1n) is 5.18. The van der Waals surface area contributed by atoms with Crippen molar-refractivity contribution in [1.82, 2.24) is 5.32 Å². The van der Waals surface area contributed by atoms with Crippen LogP contribution in [0.2, 0.25) is 5.02 Å². The number of aryl methyl sites for hydroxylation is 1. The van der Waals surface area contributed by atoms with Crippen LogP contribution in [0.5, 0.6) is 0 Å². The van der Waals surface area contributed by atoms with Gasteiger partial charge in [0, 0.05) is 0 Å². The molecule has 0 aliphatic carbocycles. The van der Waals surface area contributed by atoms with Gasteiger partial charge in [-0.2, -0.15) is 0 Å². The van der Waals surface area contributed by atoms with Gasteiger partial charge in [0.2, 0.25) is 0 Å². The van der Waals surface area contributed by atoms with Gasteiger partial charge in [-0.3, -0.25) is 4.79 Å². The summed E-state index contributed by atoms with van der Waals surface area (Å²) in [4.78, 5) is 12.8. The van der Waals surface area contributed by atoms with E-state index in [0.717, 1.165) is 5.56 Å². The van der Waals surface area contributed by atoms with Gasteiger partial charge in [0.25, 0.3) is 5.91 Å². The summed E-state index contributed by atoms with van der Waals surface area (Å²) in [6.45, 7) is 5.59. The summed E-state index contributed by atoms with van der Waals surface area (Å²) in [7, 11) is 0. The summed E-state index contributed by atoms with van der Waals surface area (Å²) in [5.41, 5.74) is 5.86. The molecule has 0 aliphatic heterocycles. The SMILES string of the molecule is CCC(C)(NC(=O)c1scc(C)c1Cl)C(N)=S. The van der Waals surface area contributed by atoms with Crippen LogP contribution in [0.4, 0.5) is 0 Å². The molecule has 1 heterocycles. The molecule has 0 aliphatic rings. The number of halogens is 1. The van der Waals surface area contributed by atoms with E-state index in [0.29, 0.717) is 16.3 Å². The maximum atomic E-state index is 12.1. The van der Waals surface area contributed by atoms with E-state index in [1.54, 1.807) is 0 Å². The molecular weight excluding hydrogens is 276 g/mol. The second-order valence-corrected chi connectivity index (χ2v) is 5.76. The Morgan fingerprint density at radius 2 is 2.29 bits per heavy atom. The molecule has 17 heavy (non-hydrogen) atoms. The molecule has 3 N–H and O–H groups in total. The van der Waals surface area contributed by atoms with Crippen molar-refractivity contribution in [1.29, 1.82) is 0 Å². The summed E-state index contributed by atoms with van der Waals surface area (Å²) >= 11 is 12.3. The predicted octanol–water partition coefficient (Wildman–Crippen LogP) is 2.89. The van der Waals surface area contributed by atoms with Gasteiger partial charge >= 0.3 is 0 Å². The molecule has 1 unspecified atom stereocenters. The topological polar surface area (TPSA) is 55.1 Å². The smallest absolute Gasteiger partial charge is 0.263 e. The lowest BCUT2D eigenvalue weighted by molar-refractivity contribution is 0.0931. The second-order valence-electron chi connectivity index (χ2n) is 4.07. The van der Waals surface area contributed by atoms with E-state index >= 15 is 0 Å². The lowest BCUT2D eigenvalue weighted by atomic mass is 9.99. The van der Waals surface area contributed by atoms with Crippen molar-refractivity contribution >= 4 is 46.1 Å². The summed E-state index contributed by atoms with van der Waals surface area (Å²) < 4.78 is 0. The number of thiophene rings is 1. The fourth-order valence-electron chi connectivity index (χ4n) is 1.21. The Kier molecular flexibility index (Phi) is 4.52. The largest absolute Gasteiger partial charge is 0.391 e. The first-order chi connectivity index (χ1) is 7.81. The van der Waals surface area contributed by atoms with E-state index in [1.807, 2.05) is 26.2 Å². The molecule has 0 saturated carbocycles. The van der Waals surface area contributed by atoms with Crippen molar-refractivity contribution in [2.75, 3.05) is 0 Å². The number of hydrogen-bond acceptors (Lipinski definition) is 3. The maximum absolute atomic E-state index is 12.1. The molecule has 1 aromatic heterocycles. The third-order valence-electron chi connectivity index (χ3n) is 2.75. The fourth-order valence-corrected chi connectivity index (χ4v) is 2.58. The van der Waals surface area contributed by atoms with E-state index in [1.165, 1.54) is 11.3 Å². The minimum absolute atomic E-state index is 0.231. The summed E-state index contributed by atoms with van der Waals surface area (Å²) in [5.74, 6) is -0.231. The average Bonchev–Trinajstić information content (AvgIpc) is 2.59.